The lowest BCUT2D eigenvalue weighted by molar-refractivity contribution is 0.358. The zero-order valence-corrected chi connectivity index (χ0v) is 10.5. The molecule has 0 amide bonds. The van der Waals surface area contributed by atoms with Crippen LogP contribution in [0.1, 0.15) is 44.5 Å². The highest BCUT2D eigenvalue weighted by molar-refractivity contribution is 5.05. The molecule has 0 spiro atoms. The van der Waals surface area contributed by atoms with Crippen molar-refractivity contribution >= 4 is 0 Å². The van der Waals surface area contributed by atoms with Gasteiger partial charge >= 0.3 is 0 Å². The van der Waals surface area contributed by atoms with Gasteiger partial charge in [0, 0.05) is 0 Å². The molecule has 1 rings (SSSR count). The molecule has 0 radical (unpaired) electrons. The van der Waals surface area contributed by atoms with Crippen molar-refractivity contribution in [1.29, 1.82) is 0 Å². The molecule has 3 heteroatoms. The van der Waals surface area contributed by atoms with Gasteiger partial charge in [0.05, 0.1) is 12.2 Å². The van der Waals surface area contributed by atoms with E-state index in [-0.39, 0.29) is 0 Å². The molecule has 0 aliphatic carbocycles. The standard InChI is InChI=1S/C12H22N2O/c1-9-10(2)15-11(14-9)8-13-7-6-12(3,4)5/h13H,6-8H2,1-5H3. The molecule has 3 nitrogen and oxygen atoms in total. The maximum absolute atomic E-state index is 5.47. The summed E-state index contributed by atoms with van der Waals surface area (Å²) in [6, 6.07) is 0. The fourth-order valence-corrected chi connectivity index (χ4v) is 1.27. The summed E-state index contributed by atoms with van der Waals surface area (Å²) in [5.74, 6) is 1.71. The second kappa shape index (κ2) is 4.79. The van der Waals surface area contributed by atoms with Gasteiger partial charge in [0.25, 0.3) is 0 Å². The molecule has 1 heterocycles. The normalized spacial score (nSPS) is 12.1. The van der Waals surface area contributed by atoms with Crippen molar-refractivity contribution in [2.45, 2.75) is 47.6 Å². The van der Waals surface area contributed by atoms with Crippen LogP contribution in [-0.2, 0) is 6.54 Å². The lowest BCUT2D eigenvalue weighted by Crippen LogP contribution is -2.20. The fourth-order valence-electron chi connectivity index (χ4n) is 1.27. The van der Waals surface area contributed by atoms with Gasteiger partial charge in [-0.3, -0.25) is 0 Å². The SMILES string of the molecule is Cc1nc(CNCCC(C)(C)C)oc1C. The summed E-state index contributed by atoms with van der Waals surface area (Å²) in [5, 5.41) is 3.34. The molecule has 0 aliphatic heterocycles. The van der Waals surface area contributed by atoms with E-state index < -0.39 is 0 Å². The van der Waals surface area contributed by atoms with Crippen molar-refractivity contribution in [1.82, 2.24) is 10.3 Å². The van der Waals surface area contributed by atoms with Crippen LogP contribution in [0.15, 0.2) is 4.42 Å². The van der Waals surface area contributed by atoms with Crippen LogP contribution in [0, 0.1) is 19.3 Å². The van der Waals surface area contributed by atoms with Gasteiger partial charge in [0.1, 0.15) is 5.76 Å². The van der Waals surface area contributed by atoms with Gasteiger partial charge in [0.15, 0.2) is 0 Å². The molecule has 0 unspecified atom stereocenters. The second-order valence-corrected chi connectivity index (χ2v) is 5.24. The van der Waals surface area contributed by atoms with Gasteiger partial charge in [-0.15, -0.1) is 0 Å². The minimum Gasteiger partial charge on any atom is -0.444 e. The number of oxazole rings is 1. The summed E-state index contributed by atoms with van der Waals surface area (Å²) in [6.45, 7) is 12.4. The van der Waals surface area contributed by atoms with Crippen molar-refractivity contribution < 1.29 is 4.42 Å². The van der Waals surface area contributed by atoms with Crippen molar-refractivity contribution in [2.24, 2.45) is 5.41 Å². The summed E-state index contributed by atoms with van der Waals surface area (Å²) in [7, 11) is 0. The van der Waals surface area contributed by atoms with Crippen molar-refractivity contribution in [3.05, 3.63) is 17.3 Å². The Morgan fingerprint density at radius 3 is 2.40 bits per heavy atom. The third kappa shape index (κ3) is 4.47. The molecule has 0 saturated heterocycles. The third-order valence-corrected chi connectivity index (χ3v) is 2.40. The fraction of sp³-hybridized carbons (Fsp3) is 0.750. The molecule has 1 N–H and O–H groups in total. The van der Waals surface area contributed by atoms with E-state index in [4.69, 9.17) is 4.42 Å². The van der Waals surface area contributed by atoms with E-state index in [0.29, 0.717) is 5.41 Å². The van der Waals surface area contributed by atoms with E-state index in [2.05, 4.69) is 31.1 Å². The Balaban J connectivity index is 2.26. The zero-order chi connectivity index (χ0) is 11.5. The van der Waals surface area contributed by atoms with E-state index in [0.717, 1.165) is 36.9 Å². The minimum absolute atomic E-state index is 0.384. The Kier molecular flexibility index (Phi) is 3.91. The molecule has 0 saturated carbocycles. The van der Waals surface area contributed by atoms with Gasteiger partial charge in [-0.05, 0) is 32.2 Å². The second-order valence-electron chi connectivity index (χ2n) is 5.24. The van der Waals surface area contributed by atoms with Crippen LogP contribution in [0.2, 0.25) is 0 Å². The Labute approximate surface area is 92.3 Å². The maximum Gasteiger partial charge on any atom is 0.208 e. The highest BCUT2D eigenvalue weighted by Crippen LogP contribution is 2.17. The smallest absolute Gasteiger partial charge is 0.208 e. The van der Waals surface area contributed by atoms with Gasteiger partial charge in [-0.1, -0.05) is 20.8 Å². The maximum atomic E-state index is 5.47. The molecule has 86 valence electrons. The van der Waals surface area contributed by atoms with Crippen LogP contribution < -0.4 is 5.32 Å². The van der Waals surface area contributed by atoms with E-state index in [1.165, 1.54) is 0 Å². The average Bonchev–Trinajstić information content (AvgIpc) is 2.39. The quantitative estimate of drug-likeness (QED) is 0.777. The van der Waals surface area contributed by atoms with E-state index in [1.807, 2.05) is 13.8 Å². The van der Waals surface area contributed by atoms with Crippen molar-refractivity contribution in [3.63, 3.8) is 0 Å². The predicted octanol–water partition coefficient (Wildman–Crippen LogP) is 2.82. The molecular weight excluding hydrogens is 188 g/mol. The first-order valence-electron chi connectivity index (χ1n) is 5.52. The molecular formula is C12H22N2O. The number of nitrogens with zero attached hydrogens (tertiary/aromatic N) is 1. The van der Waals surface area contributed by atoms with Crippen LogP contribution in [0.3, 0.4) is 0 Å². The number of nitrogens with one attached hydrogen (secondary N) is 1. The first-order chi connectivity index (χ1) is 6.88. The first kappa shape index (κ1) is 12.2. The summed E-state index contributed by atoms with van der Waals surface area (Å²) in [6.07, 6.45) is 1.16. The molecule has 0 aromatic carbocycles. The minimum atomic E-state index is 0.384. The third-order valence-electron chi connectivity index (χ3n) is 2.40. The van der Waals surface area contributed by atoms with Crippen LogP contribution in [0.5, 0.6) is 0 Å². The zero-order valence-electron chi connectivity index (χ0n) is 10.5. The number of rotatable bonds is 4. The first-order valence-corrected chi connectivity index (χ1v) is 5.52. The number of aryl methyl sites for hydroxylation is 2. The van der Waals surface area contributed by atoms with Gasteiger partial charge in [-0.2, -0.15) is 0 Å². The summed E-state index contributed by atoms with van der Waals surface area (Å²) < 4.78 is 5.47. The van der Waals surface area contributed by atoms with E-state index in [1.54, 1.807) is 0 Å². The molecule has 0 atom stereocenters. The number of hydrogen-bond acceptors (Lipinski definition) is 3. The Hall–Kier alpha value is -0.830. The van der Waals surface area contributed by atoms with Crippen LogP contribution >= 0.6 is 0 Å². The topological polar surface area (TPSA) is 38.1 Å². The van der Waals surface area contributed by atoms with Crippen LogP contribution in [0.25, 0.3) is 0 Å². The molecule has 1 aromatic rings. The summed E-state index contributed by atoms with van der Waals surface area (Å²) in [4.78, 5) is 4.32. The largest absolute Gasteiger partial charge is 0.444 e. The van der Waals surface area contributed by atoms with E-state index in [9.17, 15) is 0 Å². The molecule has 0 fully saturated rings. The monoisotopic (exact) mass is 210 g/mol. The Morgan fingerprint density at radius 1 is 1.27 bits per heavy atom. The number of aromatic nitrogens is 1. The van der Waals surface area contributed by atoms with E-state index >= 15 is 0 Å². The lowest BCUT2D eigenvalue weighted by Gasteiger charge is -2.17. The Bertz CT molecular complexity index is 290. The molecule has 15 heavy (non-hydrogen) atoms. The highest BCUT2D eigenvalue weighted by Gasteiger charge is 2.09. The Morgan fingerprint density at radius 2 is 1.93 bits per heavy atom. The van der Waals surface area contributed by atoms with Crippen LogP contribution in [-0.4, -0.2) is 11.5 Å². The highest BCUT2D eigenvalue weighted by atomic mass is 16.4. The molecule has 0 aliphatic rings. The van der Waals surface area contributed by atoms with Crippen molar-refractivity contribution in [3.8, 4) is 0 Å². The summed E-state index contributed by atoms with van der Waals surface area (Å²) in [5.41, 5.74) is 1.37. The van der Waals surface area contributed by atoms with Gasteiger partial charge in [-0.25, -0.2) is 4.98 Å². The lowest BCUT2D eigenvalue weighted by atomic mass is 9.92. The van der Waals surface area contributed by atoms with Gasteiger partial charge in [0.2, 0.25) is 5.89 Å². The summed E-state index contributed by atoms with van der Waals surface area (Å²) >= 11 is 0. The molecule has 1 aromatic heterocycles. The van der Waals surface area contributed by atoms with Gasteiger partial charge < -0.3 is 9.73 Å². The molecule has 0 bridgehead atoms. The van der Waals surface area contributed by atoms with Crippen LogP contribution in [0.4, 0.5) is 0 Å². The predicted molar refractivity (Wildman–Crippen MR) is 61.8 cm³/mol. The van der Waals surface area contributed by atoms with Crippen molar-refractivity contribution in [2.75, 3.05) is 6.54 Å². The number of hydrogen-bond donors (Lipinski definition) is 1. The average molecular weight is 210 g/mol.